The van der Waals surface area contributed by atoms with Gasteiger partial charge in [0.15, 0.2) is 4.77 Å². The molecule has 2 aromatic heterocycles. The number of aryl methyl sites for hydroxylation is 2. The Kier molecular flexibility index (Phi) is 2.69. The number of aromatic amines is 1. The van der Waals surface area contributed by atoms with Crippen LogP contribution in [0.3, 0.4) is 0 Å². The standard InChI is InChI=1S/C9H10N4S/c14-9-12-11-7-13(9)6-3-8-1-4-10-5-2-8/h1-2,4-5,7H,3,6H2,(H,12,14). The zero-order valence-corrected chi connectivity index (χ0v) is 8.37. The van der Waals surface area contributed by atoms with Crippen LogP contribution >= 0.6 is 12.2 Å². The van der Waals surface area contributed by atoms with Crippen LogP contribution < -0.4 is 0 Å². The zero-order valence-electron chi connectivity index (χ0n) is 7.55. The van der Waals surface area contributed by atoms with Crippen molar-refractivity contribution in [2.24, 2.45) is 0 Å². The van der Waals surface area contributed by atoms with E-state index in [1.807, 2.05) is 16.7 Å². The maximum atomic E-state index is 5.03. The van der Waals surface area contributed by atoms with Crippen molar-refractivity contribution in [3.05, 3.63) is 41.2 Å². The summed E-state index contributed by atoms with van der Waals surface area (Å²) >= 11 is 5.03. The molecule has 0 amide bonds. The Balaban J connectivity index is 2.02. The van der Waals surface area contributed by atoms with Gasteiger partial charge in [-0.3, -0.25) is 10.1 Å². The fourth-order valence-electron chi connectivity index (χ4n) is 1.23. The molecule has 1 N–H and O–H groups in total. The summed E-state index contributed by atoms with van der Waals surface area (Å²) in [5.74, 6) is 0. The Morgan fingerprint density at radius 3 is 2.79 bits per heavy atom. The highest BCUT2D eigenvalue weighted by Gasteiger charge is 1.95. The predicted octanol–water partition coefficient (Wildman–Crippen LogP) is 1.58. The minimum absolute atomic E-state index is 0.666. The van der Waals surface area contributed by atoms with Gasteiger partial charge in [-0.25, -0.2) is 0 Å². The molecule has 0 aliphatic rings. The molecule has 14 heavy (non-hydrogen) atoms. The van der Waals surface area contributed by atoms with Crippen LogP contribution in [-0.4, -0.2) is 19.7 Å². The molecule has 0 saturated heterocycles. The lowest BCUT2D eigenvalue weighted by Crippen LogP contribution is -1.99. The monoisotopic (exact) mass is 206 g/mol. The highest BCUT2D eigenvalue weighted by atomic mass is 32.1. The first-order valence-electron chi connectivity index (χ1n) is 4.35. The highest BCUT2D eigenvalue weighted by molar-refractivity contribution is 7.71. The van der Waals surface area contributed by atoms with Crippen molar-refractivity contribution in [2.45, 2.75) is 13.0 Å². The van der Waals surface area contributed by atoms with Gasteiger partial charge in [0.05, 0.1) is 0 Å². The van der Waals surface area contributed by atoms with Gasteiger partial charge in [0.25, 0.3) is 0 Å². The normalized spacial score (nSPS) is 10.3. The van der Waals surface area contributed by atoms with E-state index < -0.39 is 0 Å². The summed E-state index contributed by atoms with van der Waals surface area (Å²) in [6.45, 7) is 0.847. The lowest BCUT2D eigenvalue weighted by atomic mass is 10.2. The second-order valence-electron chi connectivity index (χ2n) is 2.96. The largest absolute Gasteiger partial charge is 0.306 e. The first kappa shape index (κ1) is 9.08. The first-order chi connectivity index (χ1) is 6.86. The van der Waals surface area contributed by atoms with E-state index in [1.54, 1.807) is 18.7 Å². The molecule has 0 radical (unpaired) electrons. The first-order valence-corrected chi connectivity index (χ1v) is 4.76. The van der Waals surface area contributed by atoms with Gasteiger partial charge >= 0.3 is 0 Å². The third kappa shape index (κ3) is 2.05. The molecular weight excluding hydrogens is 196 g/mol. The lowest BCUT2D eigenvalue weighted by Gasteiger charge is -2.00. The van der Waals surface area contributed by atoms with Crippen LogP contribution in [0.5, 0.6) is 0 Å². The molecule has 0 bridgehead atoms. The van der Waals surface area contributed by atoms with E-state index in [9.17, 15) is 0 Å². The zero-order chi connectivity index (χ0) is 9.80. The van der Waals surface area contributed by atoms with Crippen molar-refractivity contribution in [3.63, 3.8) is 0 Å². The summed E-state index contributed by atoms with van der Waals surface area (Å²) in [5.41, 5.74) is 1.25. The topological polar surface area (TPSA) is 46.5 Å². The van der Waals surface area contributed by atoms with E-state index in [4.69, 9.17) is 12.2 Å². The molecule has 0 unspecified atom stereocenters. The molecule has 0 spiro atoms. The van der Waals surface area contributed by atoms with Gasteiger partial charge in [0.1, 0.15) is 6.33 Å². The number of nitrogens with zero attached hydrogens (tertiary/aromatic N) is 3. The average molecular weight is 206 g/mol. The maximum Gasteiger partial charge on any atom is 0.194 e. The number of rotatable bonds is 3. The highest BCUT2D eigenvalue weighted by Crippen LogP contribution is 1.99. The van der Waals surface area contributed by atoms with Crippen molar-refractivity contribution in [2.75, 3.05) is 0 Å². The second-order valence-corrected chi connectivity index (χ2v) is 3.35. The number of H-pyrrole nitrogens is 1. The van der Waals surface area contributed by atoms with Crippen LogP contribution in [-0.2, 0) is 13.0 Å². The Morgan fingerprint density at radius 2 is 2.14 bits per heavy atom. The Labute approximate surface area is 86.6 Å². The Hall–Kier alpha value is -1.49. The number of hydrogen-bond acceptors (Lipinski definition) is 3. The van der Waals surface area contributed by atoms with Crippen molar-refractivity contribution in [3.8, 4) is 0 Å². The fraction of sp³-hybridized carbons (Fsp3) is 0.222. The second kappa shape index (κ2) is 4.15. The molecule has 0 fully saturated rings. The lowest BCUT2D eigenvalue weighted by molar-refractivity contribution is 0.684. The Morgan fingerprint density at radius 1 is 1.36 bits per heavy atom. The van der Waals surface area contributed by atoms with E-state index in [2.05, 4.69) is 15.2 Å². The SMILES string of the molecule is S=c1[nH]ncn1CCc1ccncc1. The Bertz CT molecular complexity index is 445. The predicted molar refractivity (Wildman–Crippen MR) is 55.4 cm³/mol. The summed E-state index contributed by atoms with van der Waals surface area (Å²) in [6, 6.07) is 4.01. The molecule has 2 aromatic rings. The van der Waals surface area contributed by atoms with Gasteiger partial charge in [-0.15, -0.1) is 0 Å². The summed E-state index contributed by atoms with van der Waals surface area (Å²) in [4.78, 5) is 3.96. The molecule has 0 aliphatic heterocycles. The number of aromatic nitrogens is 4. The summed E-state index contributed by atoms with van der Waals surface area (Å²) in [7, 11) is 0. The van der Waals surface area contributed by atoms with Crippen molar-refractivity contribution in [1.29, 1.82) is 0 Å². The van der Waals surface area contributed by atoms with Crippen LogP contribution in [0.4, 0.5) is 0 Å². The maximum absolute atomic E-state index is 5.03. The minimum atomic E-state index is 0.666. The number of hydrogen-bond donors (Lipinski definition) is 1. The van der Waals surface area contributed by atoms with Crippen molar-refractivity contribution < 1.29 is 0 Å². The molecule has 4 nitrogen and oxygen atoms in total. The molecule has 0 aromatic carbocycles. The van der Waals surface area contributed by atoms with E-state index >= 15 is 0 Å². The molecule has 0 atom stereocenters. The molecule has 0 saturated carbocycles. The molecule has 2 rings (SSSR count). The summed E-state index contributed by atoms with van der Waals surface area (Å²) < 4.78 is 2.58. The van der Waals surface area contributed by atoms with Gasteiger partial charge in [-0.2, -0.15) is 5.10 Å². The van der Waals surface area contributed by atoms with Crippen molar-refractivity contribution >= 4 is 12.2 Å². The molecule has 0 aliphatic carbocycles. The molecule has 5 heteroatoms. The fourth-order valence-corrected chi connectivity index (χ4v) is 1.42. The molecule has 72 valence electrons. The van der Waals surface area contributed by atoms with Gasteiger partial charge in [-0.05, 0) is 36.3 Å². The smallest absolute Gasteiger partial charge is 0.194 e. The summed E-state index contributed by atoms with van der Waals surface area (Å²) in [6.07, 6.45) is 6.24. The van der Waals surface area contributed by atoms with Crippen LogP contribution in [0.1, 0.15) is 5.56 Å². The van der Waals surface area contributed by atoms with Gasteiger partial charge in [-0.1, -0.05) is 0 Å². The minimum Gasteiger partial charge on any atom is -0.306 e. The number of pyridine rings is 1. The van der Waals surface area contributed by atoms with Crippen LogP contribution in [0, 0.1) is 4.77 Å². The van der Waals surface area contributed by atoms with E-state index in [0.717, 1.165) is 13.0 Å². The van der Waals surface area contributed by atoms with Gasteiger partial charge < -0.3 is 4.57 Å². The molecular formula is C9H10N4S. The van der Waals surface area contributed by atoms with Crippen molar-refractivity contribution in [1.82, 2.24) is 19.7 Å². The van der Waals surface area contributed by atoms with Gasteiger partial charge in [0.2, 0.25) is 0 Å². The quantitative estimate of drug-likeness (QED) is 0.775. The third-order valence-corrected chi connectivity index (χ3v) is 2.33. The van der Waals surface area contributed by atoms with E-state index in [-0.39, 0.29) is 0 Å². The van der Waals surface area contributed by atoms with E-state index in [1.165, 1.54) is 5.56 Å². The van der Waals surface area contributed by atoms with Crippen LogP contribution in [0.15, 0.2) is 30.9 Å². The van der Waals surface area contributed by atoms with Crippen LogP contribution in [0.2, 0.25) is 0 Å². The van der Waals surface area contributed by atoms with Gasteiger partial charge in [0, 0.05) is 18.9 Å². The molecule has 2 heterocycles. The van der Waals surface area contributed by atoms with Crippen LogP contribution in [0.25, 0.3) is 0 Å². The third-order valence-electron chi connectivity index (χ3n) is 2.01. The number of nitrogens with one attached hydrogen (secondary N) is 1. The average Bonchev–Trinajstić information content (AvgIpc) is 2.63. The summed E-state index contributed by atoms with van der Waals surface area (Å²) in [5, 5.41) is 6.58. The van der Waals surface area contributed by atoms with E-state index in [0.29, 0.717) is 4.77 Å².